The summed E-state index contributed by atoms with van der Waals surface area (Å²) in [5.41, 5.74) is 0. The number of carbonyl (C=O) groups is 1. The molecule has 0 amide bonds. The van der Waals surface area contributed by atoms with Crippen LogP contribution in [0.25, 0.3) is 0 Å². The number of thioether (sulfide) groups is 1. The van der Waals surface area contributed by atoms with Crippen LogP contribution >= 0.6 is 11.8 Å². The van der Waals surface area contributed by atoms with E-state index < -0.39 is 0 Å². The Morgan fingerprint density at radius 2 is 2.04 bits per heavy atom. The van der Waals surface area contributed by atoms with E-state index in [4.69, 9.17) is 14.2 Å². The molecule has 0 heterocycles. The first-order chi connectivity index (χ1) is 13.1. The van der Waals surface area contributed by atoms with Crippen LogP contribution in [0.4, 0.5) is 4.39 Å². The van der Waals surface area contributed by atoms with Crippen LogP contribution in [-0.4, -0.2) is 38.7 Å². The van der Waals surface area contributed by atoms with Crippen LogP contribution < -0.4 is 4.74 Å². The van der Waals surface area contributed by atoms with Crippen molar-refractivity contribution in [1.29, 1.82) is 0 Å². The van der Waals surface area contributed by atoms with Gasteiger partial charge in [-0.2, -0.15) is 0 Å². The van der Waals surface area contributed by atoms with E-state index in [0.29, 0.717) is 44.3 Å². The summed E-state index contributed by atoms with van der Waals surface area (Å²) in [4.78, 5) is 12.8. The molecule has 0 saturated heterocycles. The largest absolute Gasteiger partial charge is 0.490 e. The van der Waals surface area contributed by atoms with Crippen LogP contribution in [-0.2, 0) is 14.3 Å². The van der Waals surface area contributed by atoms with Gasteiger partial charge in [-0.1, -0.05) is 33.1 Å². The lowest BCUT2D eigenvalue weighted by Gasteiger charge is -2.14. The van der Waals surface area contributed by atoms with Crippen LogP contribution in [0.2, 0.25) is 0 Å². The highest BCUT2D eigenvalue weighted by Gasteiger charge is 2.11. The quantitative estimate of drug-likeness (QED) is 0.221. The maximum Gasteiger partial charge on any atom is 0.306 e. The number of hydrogen-bond acceptors (Lipinski definition) is 5. The molecule has 154 valence electrons. The van der Waals surface area contributed by atoms with Crippen molar-refractivity contribution in [2.24, 2.45) is 5.92 Å². The van der Waals surface area contributed by atoms with Gasteiger partial charge in [-0.3, -0.25) is 4.79 Å². The van der Waals surface area contributed by atoms with Gasteiger partial charge in [0.25, 0.3) is 0 Å². The highest BCUT2D eigenvalue weighted by atomic mass is 32.2. The molecular weight excluding hydrogens is 367 g/mol. The number of esters is 1. The van der Waals surface area contributed by atoms with E-state index in [2.05, 4.69) is 13.8 Å². The van der Waals surface area contributed by atoms with Crippen molar-refractivity contribution in [2.75, 3.05) is 32.7 Å². The van der Waals surface area contributed by atoms with Crippen LogP contribution in [0.15, 0.2) is 23.1 Å². The number of ether oxygens (including phenoxy) is 3. The van der Waals surface area contributed by atoms with Crippen LogP contribution in [0.3, 0.4) is 0 Å². The Bertz CT molecular complexity index is 539. The van der Waals surface area contributed by atoms with Crippen molar-refractivity contribution in [3.8, 4) is 5.75 Å². The van der Waals surface area contributed by atoms with Crippen molar-refractivity contribution < 1.29 is 23.4 Å². The van der Waals surface area contributed by atoms with Gasteiger partial charge >= 0.3 is 5.97 Å². The zero-order valence-electron chi connectivity index (χ0n) is 16.8. The number of carbonyl (C=O) groups excluding carboxylic acids is 1. The van der Waals surface area contributed by atoms with Crippen molar-refractivity contribution in [1.82, 2.24) is 0 Å². The average molecular weight is 401 g/mol. The SMILES string of the molecule is CCCCC(CC)COC(=O)CCSc1ccc(F)c(OCCCOC)c1. The lowest BCUT2D eigenvalue weighted by atomic mass is 10.0. The first kappa shape index (κ1) is 23.8. The summed E-state index contributed by atoms with van der Waals surface area (Å²) in [6, 6.07) is 4.77. The Morgan fingerprint density at radius 3 is 2.74 bits per heavy atom. The molecule has 4 nitrogen and oxygen atoms in total. The third kappa shape index (κ3) is 10.6. The molecule has 0 radical (unpaired) electrons. The van der Waals surface area contributed by atoms with Crippen molar-refractivity contribution >= 4 is 17.7 Å². The molecule has 0 aliphatic rings. The molecule has 0 aliphatic carbocycles. The fourth-order valence-electron chi connectivity index (χ4n) is 2.50. The van der Waals surface area contributed by atoms with E-state index in [-0.39, 0.29) is 17.5 Å². The second-order valence-electron chi connectivity index (χ2n) is 6.49. The molecule has 1 aromatic carbocycles. The summed E-state index contributed by atoms with van der Waals surface area (Å²) in [6.07, 6.45) is 5.53. The minimum absolute atomic E-state index is 0.171. The summed E-state index contributed by atoms with van der Waals surface area (Å²) in [5, 5.41) is 0. The Morgan fingerprint density at radius 1 is 1.22 bits per heavy atom. The second kappa shape index (κ2) is 14.7. The van der Waals surface area contributed by atoms with Gasteiger partial charge in [0.15, 0.2) is 11.6 Å². The zero-order valence-corrected chi connectivity index (χ0v) is 17.6. The fraction of sp³-hybridized carbons (Fsp3) is 0.667. The highest BCUT2D eigenvalue weighted by Crippen LogP contribution is 2.26. The average Bonchev–Trinajstić information content (AvgIpc) is 2.67. The normalized spacial score (nSPS) is 12.0. The first-order valence-corrected chi connectivity index (χ1v) is 10.8. The Labute approximate surface area is 167 Å². The third-order valence-electron chi connectivity index (χ3n) is 4.25. The lowest BCUT2D eigenvalue weighted by Crippen LogP contribution is -2.14. The number of hydrogen-bond donors (Lipinski definition) is 0. The minimum Gasteiger partial charge on any atom is -0.490 e. The maximum atomic E-state index is 13.8. The second-order valence-corrected chi connectivity index (χ2v) is 7.65. The third-order valence-corrected chi connectivity index (χ3v) is 5.25. The monoisotopic (exact) mass is 400 g/mol. The van der Waals surface area contributed by atoms with Crippen LogP contribution in [0, 0.1) is 11.7 Å². The molecule has 0 fully saturated rings. The molecule has 0 spiro atoms. The molecule has 1 unspecified atom stereocenters. The van der Waals surface area contributed by atoms with Crippen LogP contribution in [0.5, 0.6) is 5.75 Å². The Balaban J connectivity index is 2.33. The molecule has 0 saturated carbocycles. The first-order valence-electron chi connectivity index (χ1n) is 9.80. The number of benzene rings is 1. The topological polar surface area (TPSA) is 44.8 Å². The minimum atomic E-state index is -0.381. The predicted molar refractivity (Wildman–Crippen MR) is 108 cm³/mol. The maximum absolute atomic E-state index is 13.8. The molecule has 0 N–H and O–H groups in total. The summed E-state index contributed by atoms with van der Waals surface area (Å²) in [5.74, 6) is 0.737. The fourth-order valence-corrected chi connectivity index (χ4v) is 3.36. The smallest absolute Gasteiger partial charge is 0.306 e. The Hall–Kier alpha value is -1.27. The van der Waals surface area contributed by atoms with Crippen molar-refractivity contribution in [3.63, 3.8) is 0 Å². The van der Waals surface area contributed by atoms with Gasteiger partial charge in [0.2, 0.25) is 0 Å². The molecule has 27 heavy (non-hydrogen) atoms. The summed E-state index contributed by atoms with van der Waals surface area (Å²) in [6.45, 7) is 5.79. The molecule has 1 atom stereocenters. The van der Waals surface area contributed by atoms with E-state index >= 15 is 0 Å². The van der Waals surface area contributed by atoms with E-state index in [0.717, 1.165) is 24.2 Å². The van der Waals surface area contributed by atoms with Crippen molar-refractivity contribution in [3.05, 3.63) is 24.0 Å². The highest BCUT2D eigenvalue weighted by molar-refractivity contribution is 7.99. The summed E-state index contributed by atoms with van der Waals surface area (Å²) < 4.78 is 29.6. The standard InChI is InChI=1S/C21H33FO4S/c1-4-6-8-17(5-2)16-26-21(23)11-14-27-18-9-10-19(22)20(15-18)25-13-7-12-24-3/h9-10,15,17H,4-8,11-14,16H2,1-3H3. The zero-order chi connectivity index (χ0) is 19.9. The molecule has 1 rings (SSSR count). The number of rotatable bonds is 15. The van der Waals surface area contributed by atoms with Crippen molar-refractivity contribution in [2.45, 2.75) is 57.3 Å². The molecule has 0 bridgehead atoms. The Kier molecular flexibility index (Phi) is 13.0. The number of unbranched alkanes of at least 4 members (excludes halogenated alkanes) is 1. The van der Waals surface area contributed by atoms with E-state index in [1.54, 1.807) is 19.2 Å². The van der Waals surface area contributed by atoms with E-state index in [1.807, 2.05) is 0 Å². The van der Waals surface area contributed by atoms with Crippen LogP contribution in [0.1, 0.15) is 52.4 Å². The number of methoxy groups -OCH3 is 1. The molecular formula is C21H33FO4S. The molecule has 1 aromatic rings. The lowest BCUT2D eigenvalue weighted by molar-refractivity contribution is -0.144. The van der Waals surface area contributed by atoms with E-state index in [1.165, 1.54) is 24.2 Å². The van der Waals surface area contributed by atoms with E-state index in [9.17, 15) is 9.18 Å². The van der Waals surface area contributed by atoms with Gasteiger partial charge in [0.1, 0.15) is 0 Å². The van der Waals surface area contributed by atoms with Gasteiger partial charge in [-0.05, 0) is 30.5 Å². The predicted octanol–water partition coefficient (Wildman–Crippen LogP) is 5.48. The van der Waals surface area contributed by atoms with Gasteiger partial charge < -0.3 is 14.2 Å². The molecule has 0 aliphatic heterocycles. The summed E-state index contributed by atoms with van der Waals surface area (Å²) >= 11 is 1.50. The summed E-state index contributed by atoms with van der Waals surface area (Å²) in [7, 11) is 1.62. The van der Waals surface area contributed by atoms with Gasteiger partial charge in [0.05, 0.1) is 19.6 Å². The number of halogens is 1. The molecule has 6 heteroatoms. The van der Waals surface area contributed by atoms with Gasteiger partial charge in [0, 0.05) is 30.8 Å². The van der Waals surface area contributed by atoms with Gasteiger partial charge in [-0.25, -0.2) is 4.39 Å². The van der Waals surface area contributed by atoms with Gasteiger partial charge in [-0.15, -0.1) is 11.8 Å². The molecule has 0 aromatic heterocycles.